The fourth-order valence-electron chi connectivity index (χ4n) is 5.86. The minimum absolute atomic E-state index is 0.0953. The lowest BCUT2D eigenvalue weighted by atomic mass is 10.1. The summed E-state index contributed by atoms with van der Waals surface area (Å²) in [5, 5.41) is 13.5. The van der Waals surface area contributed by atoms with Crippen molar-refractivity contribution >= 4 is 41.3 Å². The highest BCUT2D eigenvalue weighted by Crippen LogP contribution is 2.47. The van der Waals surface area contributed by atoms with Crippen LogP contribution < -0.4 is 10.0 Å². The largest absolute Gasteiger partial charge is 0.464 e. The van der Waals surface area contributed by atoms with Crippen LogP contribution in [0.15, 0.2) is 54.3 Å². The summed E-state index contributed by atoms with van der Waals surface area (Å²) < 4.78 is 36.2. The van der Waals surface area contributed by atoms with Gasteiger partial charge in [0, 0.05) is 18.2 Å². The maximum Gasteiger partial charge on any atom is 0.418 e. The molecular weight excluding hydrogens is 559 g/mol. The number of aryl methyl sites for hydroxylation is 1. The summed E-state index contributed by atoms with van der Waals surface area (Å²) in [6.45, 7) is 14.5. The number of hydrogen-bond acceptors (Lipinski definition) is 7. The Bertz CT molecular complexity index is 1600. The first kappa shape index (κ1) is 29.3. The molecule has 1 amide bonds. The standard InChI is InChI=1S/C29H39N5O5SSi/c1-18(40(37,38)33-28(35)36)23-15-20(16-25(23)39-41(5,6)29(2,3)4)34-14-13-22-26(30-17-31-27(22)34)32-24-12-11-19-9-7-8-10-21(19)24/h7-10,13-14,17,20,23-25,33H,1,11-12,15-16H2,2-6H3,(H,35,36)(H,30,31,32)/t20-,23-,24+,25+/m1/s1. The van der Waals surface area contributed by atoms with Crippen LogP contribution in [0.4, 0.5) is 10.6 Å². The van der Waals surface area contributed by atoms with Gasteiger partial charge in [-0.05, 0) is 61.0 Å². The van der Waals surface area contributed by atoms with E-state index in [-0.39, 0.29) is 22.0 Å². The molecule has 12 heteroatoms. The summed E-state index contributed by atoms with van der Waals surface area (Å²) in [6.07, 6.45) is 4.42. The molecule has 10 nitrogen and oxygen atoms in total. The first-order valence-corrected chi connectivity index (χ1v) is 18.4. The Morgan fingerprint density at radius 3 is 2.61 bits per heavy atom. The first-order valence-electron chi connectivity index (χ1n) is 14.0. The molecule has 1 aromatic carbocycles. The van der Waals surface area contributed by atoms with Crippen molar-refractivity contribution in [2.75, 3.05) is 5.32 Å². The van der Waals surface area contributed by atoms with Gasteiger partial charge in [0.1, 0.15) is 17.8 Å². The van der Waals surface area contributed by atoms with Crippen LogP contribution in [0.1, 0.15) is 63.2 Å². The molecule has 220 valence electrons. The zero-order chi connectivity index (χ0) is 29.7. The fourth-order valence-corrected chi connectivity index (χ4v) is 8.24. The van der Waals surface area contributed by atoms with Crippen molar-refractivity contribution in [1.82, 2.24) is 19.3 Å². The van der Waals surface area contributed by atoms with Gasteiger partial charge in [0.25, 0.3) is 10.0 Å². The van der Waals surface area contributed by atoms with Crippen LogP contribution >= 0.6 is 0 Å². The lowest BCUT2D eigenvalue weighted by molar-refractivity contribution is 0.156. The number of amides is 1. The van der Waals surface area contributed by atoms with Crippen LogP contribution in [0.5, 0.6) is 0 Å². The number of benzene rings is 1. The lowest BCUT2D eigenvalue weighted by Crippen LogP contribution is -2.45. The van der Waals surface area contributed by atoms with Crippen molar-refractivity contribution in [2.45, 2.75) is 82.8 Å². The van der Waals surface area contributed by atoms with Gasteiger partial charge in [-0.2, -0.15) is 0 Å². The molecule has 0 saturated heterocycles. The molecule has 0 radical (unpaired) electrons. The second-order valence-corrected chi connectivity index (χ2v) is 19.1. The van der Waals surface area contributed by atoms with E-state index in [1.54, 1.807) is 11.0 Å². The average Bonchev–Trinajstić information content (AvgIpc) is 3.59. The van der Waals surface area contributed by atoms with Crippen LogP contribution in [0, 0.1) is 5.92 Å². The molecule has 2 aliphatic rings. The minimum Gasteiger partial charge on any atom is -0.464 e. The van der Waals surface area contributed by atoms with Crippen molar-refractivity contribution in [3.63, 3.8) is 0 Å². The zero-order valence-electron chi connectivity index (χ0n) is 24.2. The van der Waals surface area contributed by atoms with E-state index in [9.17, 15) is 13.2 Å². The quantitative estimate of drug-likeness (QED) is 0.270. The Kier molecular flexibility index (Phi) is 7.54. The number of nitrogens with zero attached hydrogens (tertiary/aromatic N) is 3. The topological polar surface area (TPSA) is 135 Å². The second-order valence-electron chi connectivity index (χ2n) is 12.6. The number of aromatic nitrogens is 3. The highest BCUT2D eigenvalue weighted by atomic mass is 32.2. The summed E-state index contributed by atoms with van der Waals surface area (Å²) in [4.78, 5) is 20.2. The summed E-state index contributed by atoms with van der Waals surface area (Å²) >= 11 is 0. The fraction of sp³-hybridized carbons (Fsp3) is 0.483. The van der Waals surface area contributed by atoms with Crippen LogP contribution in [0.3, 0.4) is 0 Å². The summed E-state index contributed by atoms with van der Waals surface area (Å²) in [5.74, 6) is 0.176. The van der Waals surface area contributed by atoms with Crippen LogP contribution in [-0.4, -0.2) is 48.6 Å². The van der Waals surface area contributed by atoms with Gasteiger partial charge in [0.05, 0.1) is 22.4 Å². The molecule has 1 fully saturated rings. The number of carbonyl (C=O) groups is 1. The highest BCUT2D eigenvalue weighted by molar-refractivity contribution is 7.93. The number of sulfonamides is 1. The number of hydrogen-bond donors (Lipinski definition) is 3. The van der Waals surface area contributed by atoms with Gasteiger partial charge in [-0.15, -0.1) is 0 Å². The molecule has 4 atom stereocenters. The van der Waals surface area contributed by atoms with E-state index in [0.717, 1.165) is 29.7 Å². The highest BCUT2D eigenvalue weighted by Gasteiger charge is 2.47. The number of carboxylic acid groups (broad SMARTS) is 1. The molecule has 3 aromatic rings. The third kappa shape index (κ3) is 5.64. The third-order valence-electron chi connectivity index (χ3n) is 9.06. The first-order chi connectivity index (χ1) is 19.2. The number of fused-ring (bicyclic) bond motifs is 2. The predicted molar refractivity (Wildman–Crippen MR) is 162 cm³/mol. The number of rotatable bonds is 8. The molecule has 3 N–H and O–H groups in total. The predicted octanol–water partition coefficient (Wildman–Crippen LogP) is 5.98. The molecule has 2 heterocycles. The third-order valence-corrected chi connectivity index (χ3v) is 15.0. The molecule has 1 saturated carbocycles. The Hall–Kier alpha value is -3.22. The molecule has 0 bridgehead atoms. The van der Waals surface area contributed by atoms with Crippen molar-refractivity contribution in [3.8, 4) is 0 Å². The Labute approximate surface area is 242 Å². The van der Waals surface area contributed by atoms with Crippen LogP contribution in [0.2, 0.25) is 18.1 Å². The van der Waals surface area contributed by atoms with Crippen LogP contribution in [-0.2, 0) is 20.9 Å². The maximum absolute atomic E-state index is 12.9. The van der Waals surface area contributed by atoms with E-state index >= 15 is 0 Å². The van der Waals surface area contributed by atoms with Gasteiger partial charge in [-0.3, -0.25) is 0 Å². The molecule has 2 aliphatic carbocycles. The van der Waals surface area contributed by atoms with E-state index in [1.807, 2.05) is 12.3 Å². The maximum atomic E-state index is 12.9. The van der Waals surface area contributed by atoms with E-state index < -0.39 is 36.5 Å². The van der Waals surface area contributed by atoms with Gasteiger partial charge in [0.15, 0.2) is 8.32 Å². The molecule has 5 rings (SSSR count). The molecular formula is C29H39N5O5SSi. The van der Waals surface area contributed by atoms with Gasteiger partial charge in [-0.25, -0.2) is 27.9 Å². The second kappa shape index (κ2) is 10.6. The van der Waals surface area contributed by atoms with Crippen molar-refractivity contribution in [3.05, 3.63) is 65.5 Å². The molecule has 0 spiro atoms. The van der Waals surface area contributed by atoms with Gasteiger partial charge >= 0.3 is 6.09 Å². The van der Waals surface area contributed by atoms with E-state index in [1.165, 1.54) is 11.1 Å². The van der Waals surface area contributed by atoms with Crippen molar-refractivity contribution in [2.24, 2.45) is 5.92 Å². The Morgan fingerprint density at radius 1 is 1.17 bits per heavy atom. The smallest absolute Gasteiger partial charge is 0.418 e. The van der Waals surface area contributed by atoms with Crippen LogP contribution in [0.25, 0.3) is 11.0 Å². The van der Waals surface area contributed by atoms with Crippen molar-refractivity contribution in [1.29, 1.82) is 0 Å². The van der Waals surface area contributed by atoms with Crippen molar-refractivity contribution < 1.29 is 22.7 Å². The van der Waals surface area contributed by atoms with Gasteiger partial charge < -0.3 is 19.4 Å². The summed E-state index contributed by atoms with van der Waals surface area (Å²) in [5.41, 5.74) is 3.39. The van der Waals surface area contributed by atoms with E-state index in [4.69, 9.17) is 9.53 Å². The van der Waals surface area contributed by atoms with E-state index in [2.05, 4.69) is 84.6 Å². The minimum atomic E-state index is -4.30. The zero-order valence-corrected chi connectivity index (χ0v) is 26.0. The SMILES string of the molecule is C=C([C@H]1C[C@@H](n2ccc3c(N[C@H]4CCc5ccccc54)ncnc32)C[C@@H]1O[Si](C)(C)C(C)(C)C)S(=O)(=O)NC(=O)O. The van der Waals surface area contributed by atoms with E-state index in [0.29, 0.717) is 12.8 Å². The Balaban J connectivity index is 1.45. The monoisotopic (exact) mass is 597 g/mol. The van der Waals surface area contributed by atoms with Gasteiger partial charge in [0.2, 0.25) is 0 Å². The Morgan fingerprint density at radius 2 is 1.90 bits per heavy atom. The number of anilines is 1. The molecule has 2 aromatic heterocycles. The molecule has 0 aliphatic heterocycles. The molecule has 0 unspecified atom stereocenters. The summed E-state index contributed by atoms with van der Waals surface area (Å²) in [6, 6.07) is 10.5. The average molecular weight is 598 g/mol. The summed E-state index contributed by atoms with van der Waals surface area (Å²) in [7, 11) is -6.59. The molecule has 41 heavy (non-hydrogen) atoms. The normalized spacial score (nSPS) is 23.0. The lowest BCUT2D eigenvalue weighted by Gasteiger charge is -2.40. The van der Waals surface area contributed by atoms with Gasteiger partial charge in [-0.1, -0.05) is 51.6 Å². The number of nitrogens with one attached hydrogen (secondary N) is 2.